The summed E-state index contributed by atoms with van der Waals surface area (Å²) in [4.78, 5) is 15.6. The van der Waals surface area contributed by atoms with E-state index in [1.165, 1.54) is 0 Å². The molecule has 0 bridgehead atoms. The lowest BCUT2D eigenvalue weighted by molar-refractivity contribution is -0.367. The van der Waals surface area contributed by atoms with E-state index < -0.39 is 165 Å². The molecular formula is C97H186O21Si6. The lowest BCUT2D eigenvalue weighted by atomic mass is 9.76. The number of esters is 1. The molecule has 0 radical (unpaired) electrons. The summed E-state index contributed by atoms with van der Waals surface area (Å²) in [7, 11) is -6.55. The molecule has 0 saturated carbocycles. The van der Waals surface area contributed by atoms with Crippen LogP contribution in [0.5, 0.6) is 0 Å². The molecule has 27 heteroatoms. The number of ether oxygens (including phenoxy) is 13. The zero-order chi connectivity index (χ0) is 95.2. The van der Waals surface area contributed by atoms with Crippen LogP contribution in [0.1, 0.15) is 252 Å². The van der Waals surface area contributed by atoms with Gasteiger partial charge in [0.2, 0.25) is 5.79 Å². The zero-order valence-electron chi connectivity index (χ0n) is 87.2. The van der Waals surface area contributed by atoms with Crippen molar-refractivity contribution >= 4 is 55.9 Å². The zero-order valence-corrected chi connectivity index (χ0v) is 93.2. The molecule has 5 aliphatic heterocycles. The number of cyclic esters (lactones) is 1. The molecule has 0 aromatic carbocycles. The Labute approximate surface area is 762 Å². The second kappa shape index (κ2) is 44.0. The lowest BCUT2D eigenvalue weighted by Crippen LogP contribution is -2.68. The third-order valence-corrected chi connectivity index (χ3v) is 57.4. The first-order chi connectivity index (χ1) is 56.2. The van der Waals surface area contributed by atoms with Gasteiger partial charge < -0.3 is 93.2 Å². The molecule has 25 atom stereocenters. The van der Waals surface area contributed by atoms with Crippen molar-refractivity contribution in [1.29, 1.82) is 0 Å². The first kappa shape index (κ1) is 113. The van der Waals surface area contributed by atoms with E-state index in [2.05, 4.69) is 282 Å². The van der Waals surface area contributed by atoms with Crippen molar-refractivity contribution in [2.24, 2.45) is 17.8 Å². The summed E-state index contributed by atoms with van der Waals surface area (Å²) < 4.78 is 135. The van der Waals surface area contributed by atoms with Gasteiger partial charge in [0.15, 0.2) is 68.8 Å². The third kappa shape index (κ3) is 29.1. The van der Waals surface area contributed by atoms with Crippen molar-refractivity contribution in [3.05, 3.63) is 58.7 Å². The highest BCUT2D eigenvalue weighted by molar-refractivity contribution is 6.76. The molecule has 4 unspecified atom stereocenters. The number of aliphatic hydroxyl groups is 1. The Bertz CT molecular complexity index is 3500. The second-order valence-corrected chi connectivity index (χ2v) is 75.5. The van der Waals surface area contributed by atoms with Gasteiger partial charge in [-0.05, 0) is 196 Å². The Morgan fingerprint density at radius 2 is 1.02 bits per heavy atom. The molecule has 5 heterocycles. The molecule has 0 aliphatic carbocycles. The second-order valence-electron chi connectivity index (χ2n) is 47.0. The Balaban J connectivity index is 1.67. The molecule has 124 heavy (non-hydrogen) atoms. The van der Waals surface area contributed by atoms with Crippen LogP contribution in [0, 0.1) is 17.8 Å². The minimum atomic E-state index is -2.67. The van der Waals surface area contributed by atoms with Crippen molar-refractivity contribution in [2.75, 3.05) is 42.2 Å². The first-order valence-corrected chi connectivity index (χ1v) is 64.3. The number of hydrogen-bond acceptors (Lipinski definition) is 21. The fourth-order valence-electron chi connectivity index (χ4n) is 16.4. The van der Waals surface area contributed by atoms with Crippen LogP contribution in [-0.2, 0) is 92.9 Å². The normalized spacial score (nSPS) is 36.0. The summed E-state index contributed by atoms with van der Waals surface area (Å²) in [6.07, 6.45) is 4.39. The fourth-order valence-corrected chi connectivity index (χ4v) is 24.9. The predicted octanol–water partition coefficient (Wildman–Crippen LogP) is 23.2. The standard InChI is InChI=1S/C97H186O21Si6/c1-62-50-47-48-52-74(113-119(35,36)90(11,12)13)76(101-31)58-78(109-88(98)66(5)56-64(3)54-63(2)55-65(4)73(53-49-51-62)110-89-85(117-123(43,44)94(23,24)25)84(83(103-33)70(9)107-89)116-122(41,42)93(20,21)22)87(104-34)97(99)68(7)81(114-120(37,38)91(14,15)16)67(6)75(112-97)57-72(61-100-30)108-80-60-96(29,118-124(45,46)95(26,27)28)86(71(10)106-80)111-79-59-77(102-32)82(69(8)105-79)115-121(39,40)92(17,18)19/h49-51,54-56,65,67-87,89,99H,47-48,52-53,57-61H2,1-46H3/b51-49+,62-50-,63-55+,64-54+,66-56+/t65-,67+,68-,69-,70+,71+,72+,73?,74+,75?,76+,77-,78+,79+,80+,81-,82?,83+,84+,85+,86-,87+,89+,96-,97?/m1/s1. The molecule has 724 valence electrons. The fraction of sp³-hybridized carbons (Fsp3) is 0.887. The molecule has 4 fully saturated rings. The van der Waals surface area contributed by atoms with Crippen LogP contribution in [0.15, 0.2) is 58.7 Å². The molecule has 0 spiro atoms. The topological polar surface area (TPSA) is 213 Å². The summed E-state index contributed by atoms with van der Waals surface area (Å²) in [6, 6.07) is 0. The molecule has 0 aromatic heterocycles. The molecule has 1 N–H and O–H groups in total. The van der Waals surface area contributed by atoms with E-state index in [9.17, 15) is 5.11 Å². The number of hydrogen-bond donors (Lipinski definition) is 1. The molecule has 0 aromatic rings. The van der Waals surface area contributed by atoms with Gasteiger partial charge in [0.25, 0.3) is 0 Å². The Morgan fingerprint density at radius 1 is 0.524 bits per heavy atom. The van der Waals surface area contributed by atoms with Crippen LogP contribution in [0.3, 0.4) is 0 Å². The van der Waals surface area contributed by atoms with Gasteiger partial charge in [-0.15, -0.1) is 0 Å². The van der Waals surface area contributed by atoms with Gasteiger partial charge in [-0.3, -0.25) is 0 Å². The number of rotatable bonds is 28. The van der Waals surface area contributed by atoms with E-state index >= 15 is 4.79 Å². The Morgan fingerprint density at radius 3 is 1.52 bits per heavy atom. The van der Waals surface area contributed by atoms with Crippen molar-refractivity contribution < 1.29 is 98.0 Å². The van der Waals surface area contributed by atoms with Gasteiger partial charge in [-0.25, -0.2) is 4.79 Å². The van der Waals surface area contributed by atoms with Gasteiger partial charge in [-0.2, -0.15) is 0 Å². The monoisotopic (exact) mass is 1860 g/mol. The maximum atomic E-state index is 15.6. The van der Waals surface area contributed by atoms with Crippen LogP contribution in [0.25, 0.3) is 0 Å². The number of carbonyl (C=O) groups is 1. The Kier molecular flexibility index (Phi) is 40.2. The molecule has 4 saturated heterocycles. The highest BCUT2D eigenvalue weighted by atomic mass is 28.4. The van der Waals surface area contributed by atoms with E-state index in [0.29, 0.717) is 31.3 Å². The molecule has 0 amide bonds. The van der Waals surface area contributed by atoms with Crippen molar-refractivity contribution in [3.8, 4) is 0 Å². The van der Waals surface area contributed by atoms with Crippen LogP contribution in [0.2, 0.25) is 109 Å². The first-order valence-electron chi connectivity index (χ1n) is 46.9. The van der Waals surface area contributed by atoms with Gasteiger partial charge in [-0.1, -0.05) is 192 Å². The van der Waals surface area contributed by atoms with Gasteiger partial charge in [0, 0.05) is 84.6 Å². The van der Waals surface area contributed by atoms with E-state index in [1.807, 2.05) is 26.8 Å². The van der Waals surface area contributed by atoms with Gasteiger partial charge >= 0.3 is 5.97 Å². The van der Waals surface area contributed by atoms with E-state index in [0.717, 1.165) is 29.6 Å². The average Bonchev–Trinajstić information content (AvgIpc) is 0.744. The maximum Gasteiger partial charge on any atom is 0.334 e. The van der Waals surface area contributed by atoms with Crippen LogP contribution in [0.4, 0.5) is 0 Å². The van der Waals surface area contributed by atoms with E-state index in [4.69, 9.17) is 88.1 Å². The van der Waals surface area contributed by atoms with Crippen molar-refractivity contribution in [1.82, 2.24) is 0 Å². The number of allylic oxidation sites excluding steroid dienone is 7. The predicted molar refractivity (Wildman–Crippen MR) is 518 cm³/mol. The smallest absolute Gasteiger partial charge is 0.334 e. The average molecular weight is 1860 g/mol. The molecule has 5 rings (SSSR count). The SMILES string of the molecule is COC[C@H](CC1OC(O)([C@@H](OC)[C@@H]2C[C@H](OC)[C@@H](O[Si](C)(C)C(C)(C)C)CCC/C=C(C)\C=C\CC(O[C@@H]3O[C@@H](C)[C@H](OC)[C@H](O[Si](C)(C)C(C)(C)C)[C@@H]3O[Si](C)(C)C(C)(C)C)[C@H](C)/C=C(C)/C=C(C)/C=C(\C)C(=O)O2)[C@H](C)[C@H](O[Si](C)(C)C(C)(C)C)[C@H]1C)O[C@H]1C[C@@](C)(O[Si](C)(C)C(C)(C)C)[C@H](O[C@H]2C[C@@H](OC)C(O[Si](C)(C)C(C)(C)C)[C@@H](C)O2)[C@H](C)O1. The van der Waals surface area contributed by atoms with Gasteiger partial charge in [0.05, 0.1) is 79.4 Å². The Hall–Kier alpha value is -1.29. The van der Waals surface area contributed by atoms with E-state index in [-0.39, 0.29) is 92.0 Å². The minimum absolute atomic E-state index is 0.0150. The van der Waals surface area contributed by atoms with Crippen LogP contribution in [-0.4, -0.2) is 237 Å². The maximum absolute atomic E-state index is 15.6. The summed E-state index contributed by atoms with van der Waals surface area (Å²) in [5.74, 6) is -4.04. The molecule has 5 aliphatic rings. The van der Waals surface area contributed by atoms with Gasteiger partial charge in [0.1, 0.15) is 36.6 Å². The summed E-state index contributed by atoms with van der Waals surface area (Å²) in [6.45, 7) is 90.3. The minimum Gasteiger partial charge on any atom is -0.456 e. The van der Waals surface area contributed by atoms with Crippen LogP contribution < -0.4 is 0 Å². The largest absolute Gasteiger partial charge is 0.456 e. The third-order valence-electron chi connectivity index (χ3n) is 30.5. The number of methoxy groups -OCH3 is 5. The number of carbonyl (C=O) groups excluding carboxylic acids is 1. The molecular weight excluding hydrogens is 1670 g/mol. The van der Waals surface area contributed by atoms with E-state index in [1.54, 1.807) is 42.5 Å². The van der Waals surface area contributed by atoms with Crippen molar-refractivity contribution in [2.45, 2.75) is 495 Å². The summed E-state index contributed by atoms with van der Waals surface area (Å²) in [5, 5.41) is 13.6. The lowest BCUT2D eigenvalue weighted by Gasteiger charge is -2.55. The summed E-state index contributed by atoms with van der Waals surface area (Å²) in [5.41, 5.74) is 2.29. The summed E-state index contributed by atoms with van der Waals surface area (Å²) >= 11 is 0. The molecule has 21 nitrogen and oxygen atoms in total. The highest BCUT2D eigenvalue weighted by Crippen LogP contribution is 2.52. The van der Waals surface area contributed by atoms with Crippen LogP contribution >= 0.6 is 0 Å². The quantitative estimate of drug-likeness (QED) is 0.0570. The van der Waals surface area contributed by atoms with Crippen molar-refractivity contribution in [3.63, 3.8) is 0 Å². The highest BCUT2D eigenvalue weighted by Gasteiger charge is 2.62.